The number of aliphatic carboxylic acids is 1. The van der Waals surface area contributed by atoms with Crippen molar-refractivity contribution in [2.24, 2.45) is 0 Å². The third kappa shape index (κ3) is 5.38. The van der Waals surface area contributed by atoms with Crippen molar-refractivity contribution in [3.8, 4) is 28.3 Å². The van der Waals surface area contributed by atoms with Gasteiger partial charge in [0.1, 0.15) is 11.6 Å². The van der Waals surface area contributed by atoms with E-state index in [-0.39, 0.29) is 5.57 Å². The minimum Gasteiger partial charge on any atom is -0.477 e. The number of para-hydroxylation sites is 2. The van der Waals surface area contributed by atoms with Crippen molar-refractivity contribution in [1.29, 1.82) is 5.26 Å². The predicted octanol–water partition coefficient (Wildman–Crippen LogP) is 8.48. The highest BCUT2D eigenvalue weighted by atomic mass is 16.4. The summed E-state index contributed by atoms with van der Waals surface area (Å²) in [6, 6.07) is 46.8. The number of benzene rings is 5. The van der Waals surface area contributed by atoms with Crippen molar-refractivity contribution < 1.29 is 9.90 Å². The molecule has 0 saturated heterocycles. The van der Waals surface area contributed by atoms with Crippen LogP contribution in [0.3, 0.4) is 0 Å². The summed E-state index contributed by atoms with van der Waals surface area (Å²) < 4.78 is 0. The Labute approximate surface area is 222 Å². The SMILES string of the molecule is N#C/C(=C/c1ccc(-c2ccc(-c3ccc(N(c4ccccc4)c4ccccc4)cc3)cc2)cc1)C(=O)O. The lowest BCUT2D eigenvalue weighted by molar-refractivity contribution is -0.132. The van der Waals surface area contributed by atoms with Crippen LogP contribution in [0.2, 0.25) is 0 Å². The zero-order chi connectivity index (χ0) is 26.3. The van der Waals surface area contributed by atoms with Crippen molar-refractivity contribution in [2.75, 3.05) is 4.90 Å². The number of rotatable bonds is 7. The Morgan fingerprint density at radius 3 is 1.34 bits per heavy atom. The first-order chi connectivity index (χ1) is 18.6. The molecule has 0 heterocycles. The number of nitriles is 1. The number of hydrogen-bond acceptors (Lipinski definition) is 3. The molecule has 1 N–H and O–H groups in total. The normalized spacial score (nSPS) is 11.0. The fraction of sp³-hybridized carbons (Fsp3) is 0. The van der Waals surface area contributed by atoms with Crippen LogP contribution in [0.15, 0.2) is 139 Å². The number of anilines is 3. The van der Waals surface area contributed by atoms with Crippen LogP contribution in [0, 0.1) is 11.3 Å². The zero-order valence-corrected chi connectivity index (χ0v) is 20.5. The average Bonchev–Trinajstić information content (AvgIpc) is 2.98. The summed E-state index contributed by atoms with van der Waals surface area (Å²) in [5.74, 6) is -1.23. The second-order valence-electron chi connectivity index (χ2n) is 8.73. The summed E-state index contributed by atoms with van der Waals surface area (Å²) in [5.41, 5.74) is 7.98. The highest BCUT2D eigenvalue weighted by Crippen LogP contribution is 2.35. The van der Waals surface area contributed by atoms with Gasteiger partial charge in [-0.25, -0.2) is 4.79 Å². The molecular formula is C34H24N2O2. The van der Waals surface area contributed by atoms with Crippen LogP contribution >= 0.6 is 0 Å². The molecule has 5 rings (SSSR count). The first-order valence-electron chi connectivity index (χ1n) is 12.2. The topological polar surface area (TPSA) is 64.3 Å². The Balaban J connectivity index is 1.37. The summed E-state index contributed by atoms with van der Waals surface area (Å²) in [7, 11) is 0. The minimum atomic E-state index is -1.23. The second-order valence-corrected chi connectivity index (χ2v) is 8.73. The first kappa shape index (κ1) is 24.3. The summed E-state index contributed by atoms with van der Waals surface area (Å²) in [6.45, 7) is 0. The van der Waals surface area contributed by atoms with E-state index in [2.05, 4.69) is 77.7 Å². The Hall–Kier alpha value is -5.40. The van der Waals surface area contributed by atoms with Gasteiger partial charge in [0.2, 0.25) is 0 Å². The van der Waals surface area contributed by atoms with Gasteiger partial charge in [-0.15, -0.1) is 0 Å². The lowest BCUT2D eigenvalue weighted by Crippen LogP contribution is -2.09. The van der Waals surface area contributed by atoms with Crippen molar-refractivity contribution in [3.63, 3.8) is 0 Å². The van der Waals surface area contributed by atoms with E-state index in [0.29, 0.717) is 5.56 Å². The number of carbonyl (C=O) groups is 1. The second kappa shape index (κ2) is 11.1. The molecule has 4 heteroatoms. The summed E-state index contributed by atoms with van der Waals surface area (Å²) in [5, 5.41) is 18.0. The molecule has 0 aliphatic rings. The number of nitrogens with zero attached hydrogens (tertiary/aromatic N) is 2. The third-order valence-corrected chi connectivity index (χ3v) is 6.28. The average molecular weight is 493 g/mol. The van der Waals surface area contributed by atoms with Crippen LogP contribution in [0.5, 0.6) is 0 Å². The van der Waals surface area contributed by atoms with E-state index in [1.165, 1.54) is 6.08 Å². The third-order valence-electron chi connectivity index (χ3n) is 6.28. The molecule has 0 aliphatic heterocycles. The van der Waals surface area contributed by atoms with Crippen LogP contribution in [0.4, 0.5) is 17.1 Å². The van der Waals surface area contributed by atoms with Crippen molar-refractivity contribution >= 4 is 29.1 Å². The Morgan fingerprint density at radius 2 is 0.947 bits per heavy atom. The number of hydrogen-bond donors (Lipinski definition) is 1. The van der Waals surface area contributed by atoms with Gasteiger partial charge in [0.25, 0.3) is 0 Å². The molecule has 0 atom stereocenters. The molecule has 182 valence electrons. The fourth-order valence-electron chi connectivity index (χ4n) is 4.34. The van der Waals surface area contributed by atoms with Gasteiger partial charge in [-0.05, 0) is 70.3 Å². The fourth-order valence-corrected chi connectivity index (χ4v) is 4.34. The number of carboxylic acids is 1. The van der Waals surface area contributed by atoms with E-state index in [1.54, 1.807) is 6.07 Å². The maximum Gasteiger partial charge on any atom is 0.346 e. The molecule has 0 saturated carbocycles. The molecule has 0 fully saturated rings. The highest BCUT2D eigenvalue weighted by Gasteiger charge is 2.12. The molecule has 38 heavy (non-hydrogen) atoms. The van der Waals surface area contributed by atoms with Crippen LogP contribution in [-0.2, 0) is 4.79 Å². The summed E-state index contributed by atoms with van der Waals surface area (Å²) >= 11 is 0. The van der Waals surface area contributed by atoms with E-state index >= 15 is 0 Å². The van der Waals surface area contributed by atoms with Crippen LogP contribution in [0.25, 0.3) is 28.3 Å². The molecule has 0 aromatic heterocycles. The molecular weight excluding hydrogens is 468 g/mol. The predicted molar refractivity (Wildman–Crippen MR) is 153 cm³/mol. The zero-order valence-electron chi connectivity index (χ0n) is 20.5. The quantitative estimate of drug-likeness (QED) is 0.183. The summed E-state index contributed by atoms with van der Waals surface area (Å²) in [4.78, 5) is 13.3. The van der Waals surface area contributed by atoms with Crippen LogP contribution in [-0.4, -0.2) is 11.1 Å². The van der Waals surface area contributed by atoms with Crippen LogP contribution in [0.1, 0.15) is 5.56 Å². The molecule has 0 bridgehead atoms. The standard InChI is InChI=1S/C34H24N2O2/c35-24-30(34(37)38)23-25-11-13-26(14-12-25)27-15-17-28(18-16-27)29-19-21-33(22-20-29)36(31-7-3-1-4-8-31)32-9-5-2-6-10-32/h1-23H,(H,37,38)/b30-23-. The van der Waals surface area contributed by atoms with E-state index in [0.717, 1.165) is 39.3 Å². The van der Waals surface area contributed by atoms with Gasteiger partial charge in [-0.3, -0.25) is 0 Å². The maximum absolute atomic E-state index is 11.1. The maximum atomic E-state index is 11.1. The molecule has 0 radical (unpaired) electrons. The minimum absolute atomic E-state index is 0.288. The van der Waals surface area contributed by atoms with Gasteiger partial charge in [-0.2, -0.15) is 5.26 Å². The monoisotopic (exact) mass is 492 g/mol. The number of carboxylic acid groups (broad SMARTS) is 1. The van der Waals surface area contributed by atoms with Gasteiger partial charge in [0.15, 0.2) is 0 Å². The lowest BCUT2D eigenvalue weighted by Gasteiger charge is -2.25. The van der Waals surface area contributed by atoms with Crippen molar-refractivity contribution in [3.05, 3.63) is 145 Å². The van der Waals surface area contributed by atoms with E-state index in [4.69, 9.17) is 10.4 Å². The Morgan fingerprint density at radius 1 is 0.579 bits per heavy atom. The Bertz CT molecular complexity index is 1560. The van der Waals surface area contributed by atoms with Gasteiger partial charge in [0, 0.05) is 17.1 Å². The first-order valence-corrected chi connectivity index (χ1v) is 12.2. The van der Waals surface area contributed by atoms with Gasteiger partial charge in [-0.1, -0.05) is 97.1 Å². The van der Waals surface area contributed by atoms with Gasteiger partial charge >= 0.3 is 5.97 Å². The van der Waals surface area contributed by atoms with E-state index in [1.807, 2.05) is 60.7 Å². The van der Waals surface area contributed by atoms with Gasteiger partial charge in [0.05, 0.1) is 0 Å². The Kier molecular flexibility index (Phi) is 7.11. The van der Waals surface area contributed by atoms with Crippen LogP contribution < -0.4 is 4.90 Å². The lowest BCUT2D eigenvalue weighted by atomic mass is 9.99. The molecule has 0 spiro atoms. The van der Waals surface area contributed by atoms with E-state index in [9.17, 15) is 4.79 Å². The molecule has 5 aromatic carbocycles. The molecule has 0 unspecified atom stereocenters. The molecule has 4 nitrogen and oxygen atoms in total. The van der Waals surface area contributed by atoms with Crippen molar-refractivity contribution in [2.45, 2.75) is 0 Å². The van der Waals surface area contributed by atoms with E-state index < -0.39 is 5.97 Å². The largest absolute Gasteiger partial charge is 0.477 e. The smallest absolute Gasteiger partial charge is 0.346 e. The molecule has 0 amide bonds. The molecule has 5 aromatic rings. The van der Waals surface area contributed by atoms with Crippen molar-refractivity contribution in [1.82, 2.24) is 0 Å². The summed E-state index contributed by atoms with van der Waals surface area (Å²) in [6.07, 6.45) is 1.37. The molecule has 0 aliphatic carbocycles. The highest BCUT2D eigenvalue weighted by molar-refractivity contribution is 5.96. The van der Waals surface area contributed by atoms with Gasteiger partial charge < -0.3 is 10.0 Å².